The highest BCUT2D eigenvalue weighted by Gasteiger charge is 2.43. The number of carbonyl (C=O) groups is 2. The van der Waals surface area contributed by atoms with Gasteiger partial charge in [0, 0.05) is 6.54 Å². The molecule has 2 amide bonds. The fraction of sp³-hybridized carbons (Fsp3) is 0.435. The lowest BCUT2D eigenvalue weighted by molar-refractivity contribution is -0.127. The predicted molar refractivity (Wildman–Crippen MR) is 110 cm³/mol. The molecule has 1 aromatic heterocycles. The molecule has 0 saturated heterocycles. The molecule has 0 atom stereocenters. The quantitative estimate of drug-likeness (QED) is 0.751. The summed E-state index contributed by atoms with van der Waals surface area (Å²) in [6.45, 7) is 2.71. The molecule has 2 fully saturated rings. The summed E-state index contributed by atoms with van der Waals surface area (Å²) in [5, 5.41) is 6.01. The number of rotatable bonds is 7. The minimum atomic E-state index is -0.815. The molecule has 1 heterocycles. The monoisotopic (exact) mass is 393 g/mol. The molecule has 0 spiro atoms. The number of hydrogen-bond acceptors (Lipinski definition) is 4. The van der Waals surface area contributed by atoms with Gasteiger partial charge in [-0.1, -0.05) is 25.0 Å². The first-order chi connectivity index (χ1) is 14.0. The van der Waals surface area contributed by atoms with Crippen LogP contribution >= 0.6 is 0 Å². The summed E-state index contributed by atoms with van der Waals surface area (Å²) < 4.78 is 5.79. The molecular formula is C23H27N3O3. The van der Waals surface area contributed by atoms with Gasteiger partial charge < -0.3 is 15.4 Å². The van der Waals surface area contributed by atoms with E-state index in [0.717, 1.165) is 24.2 Å². The van der Waals surface area contributed by atoms with Crippen LogP contribution in [0.15, 0.2) is 42.6 Å². The van der Waals surface area contributed by atoms with E-state index in [2.05, 4.69) is 15.6 Å². The number of ether oxygens (including phenoxy) is 1. The van der Waals surface area contributed by atoms with Crippen LogP contribution in [-0.2, 0) is 4.79 Å². The average Bonchev–Trinajstić information content (AvgIpc) is 3.43. The van der Waals surface area contributed by atoms with Gasteiger partial charge in [0.2, 0.25) is 5.91 Å². The van der Waals surface area contributed by atoms with E-state index in [4.69, 9.17) is 4.74 Å². The first-order valence-electron chi connectivity index (χ1n) is 10.4. The zero-order chi connectivity index (χ0) is 20.3. The Morgan fingerprint density at radius 2 is 1.93 bits per heavy atom. The van der Waals surface area contributed by atoms with Crippen LogP contribution in [0.4, 0.5) is 0 Å². The Balaban J connectivity index is 1.40. The summed E-state index contributed by atoms with van der Waals surface area (Å²) in [4.78, 5) is 29.8. The highest BCUT2D eigenvalue weighted by atomic mass is 16.5. The Hall–Kier alpha value is -2.89. The number of carbonyl (C=O) groups excluding carboxylic acids is 2. The normalized spacial score (nSPS) is 17.6. The molecule has 0 unspecified atom stereocenters. The zero-order valence-corrected chi connectivity index (χ0v) is 16.7. The number of aryl methyl sites for hydroxylation is 1. The van der Waals surface area contributed by atoms with Crippen molar-refractivity contribution in [1.29, 1.82) is 0 Å². The summed E-state index contributed by atoms with van der Waals surface area (Å²) in [6, 6.07) is 11.1. The molecule has 1 aromatic carbocycles. The first kappa shape index (κ1) is 19.4. The number of nitrogens with zero attached hydrogens (tertiary/aromatic N) is 1. The van der Waals surface area contributed by atoms with Crippen LogP contribution in [0.2, 0.25) is 0 Å². The third-order valence-electron chi connectivity index (χ3n) is 5.69. The van der Waals surface area contributed by atoms with Gasteiger partial charge in [-0.2, -0.15) is 0 Å². The van der Waals surface area contributed by atoms with E-state index in [-0.39, 0.29) is 17.5 Å². The van der Waals surface area contributed by atoms with Gasteiger partial charge in [0.1, 0.15) is 22.7 Å². The molecule has 152 valence electrons. The summed E-state index contributed by atoms with van der Waals surface area (Å²) in [7, 11) is 0. The van der Waals surface area contributed by atoms with Crippen molar-refractivity contribution in [2.45, 2.75) is 51.0 Å². The van der Waals surface area contributed by atoms with E-state index in [9.17, 15) is 9.59 Å². The van der Waals surface area contributed by atoms with Gasteiger partial charge in [0.15, 0.2) is 0 Å². The lowest BCUT2D eigenvalue weighted by Crippen LogP contribution is -2.57. The molecule has 2 N–H and O–H groups in total. The minimum absolute atomic E-state index is 0.0605. The Morgan fingerprint density at radius 3 is 2.59 bits per heavy atom. The topological polar surface area (TPSA) is 80.3 Å². The molecule has 6 nitrogen and oxygen atoms in total. The number of hydrogen-bond donors (Lipinski definition) is 2. The van der Waals surface area contributed by atoms with E-state index in [1.54, 1.807) is 12.1 Å². The van der Waals surface area contributed by atoms with Crippen LogP contribution in [-0.4, -0.2) is 28.9 Å². The van der Waals surface area contributed by atoms with Crippen molar-refractivity contribution < 1.29 is 14.3 Å². The Bertz CT molecular complexity index is 884. The number of pyridine rings is 1. The van der Waals surface area contributed by atoms with Crippen molar-refractivity contribution in [3.05, 3.63) is 53.9 Å². The molecule has 6 heteroatoms. The molecule has 0 bridgehead atoms. The predicted octanol–water partition coefficient (Wildman–Crippen LogP) is 3.75. The maximum atomic E-state index is 12.8. The fourth-order valence-electron chi connectivity index (χ4n) is 3.79. The molecule has 2 aliphatic carbocycles. The molecule has 4 rings (SSSR count). The largest absolute Gasteiger partial charge is 0.456 e. The Labute approximate surface area is 171 Å². The molecule has 2 saturated carbocycles. The lowest BCUT2D eigenvalue weighted by Gasteiger charge is -2.29. The molecule has 2 aromatic rings. The van der Waals surface area contributed by atoms with Gasteiger partial charge in [-0.15, -0.1) is 0 Å². The van der Waals surface area contributed by atoms with Crippen molar-refractivity contribution in [2.24, 2.45) is 5.92 Å². The van der Waals surface area contributed by atoms with E-state index >= 15 is 0 Å². The first-order valence-corrected chi connectivity index (χ1v) is 10.4. The van der Waals surface area contributed by atoms with Crippen LogP contribution in [0.5, 0.6) is 11.5 Å². The SMILES string of the molecule is Cc1cccc(Oc2ccc(C(=O)NC3(C(=O)NCC4CC4)CCCC3)nc2)c1. The van der Waals surface area contributed by atoms with Gasteiger partial charge in [0.05, 0.1) is 6.20 Å². The Kier molecular flexibility index (Phi) is 5.51. The van der Waals surface area contributed by atoms with Crippen LogP contribution in [0.1, 0.15) is 54.6 Å². The van der Waals surface area contributed by atoms with E-state index in [1.165, 1.54) is 19.0 Å². The second-order valence-corrected chi connectivity index (χ2v) is 8.19. The number of amides is 2. The van der Waals surface area contributed by atoms with Crippen LogP contribution in [0.25, 0.3) is 0 Å². The zero-order valence-electron chi connectivity index (χ0n) is 16.7. The number of aromatic nitrogens is 1. The van der Waals surface area contributed by atoms with Crippen molar-refractivity contribution in [3.8, 4) is 11.5 Å². The molecule has 29 heavy (non-hydrogen) atoms. The lowest BCUT2D eigenvalue weighted by atomic mass is 9.95. The molecular weight excluding hydrogens is 366 g/mol. The Morgan fingerprint density at radius 1 is 1.14 bits per heavy atom. The van der Waals surface area contributed by atoms with Crippen molar-refractivity contribution in [1.82, 2.24) is 15.6 Å². The van der Waals surface area contributed by atoms with Gasteiger partial charge >= 0.3 is 0 Å². The standard InChI is InChI=1S/C23H27N3O3/c1-16-5-4-6-18(13-16)29-19-9-10-20(24-15-19)21(27)26-23(11-2-3-12-23)22(28)25-14-17-7-8-17/h4-6,9-10,13,15,17H,2-3,7-8,11-12,14H2,1H3,(H,25,28)(H,26,27). The van der Waals surface area contributed by atoms with Crippen molar-refractivity contribution in [3.63, 3.8) is 0 Å². The maximum Gasteiger partial charge on any atom is 0.270 e. The van der Waals surface area contributed by atoms with E-state index in [1.807, 2.05) is 31.2 Å². The van der Waals surface area contributed by atoms with Crippen LogP contribution in [0.3, 0.4) is 0 Å². The second kappa shape index (κ2) is 8.23. The number of benzene rings is 1. The third-order valence-corrected chi connectivity index (χ3v) is 5.69. The maximum absolute atomic E-state index is 12.8. The molecule has 0 aliphatic heterocycles. The fourth-order valence-corrected chi connectivity index (χ4v) is 3.79. The highest BCUT2D eigenvalue weighted by Crippen LogP contribution is 2.32. The summed E-state index contributed by atoms with van der Waals surface area (Å²) in [6.07, 6.45) is 7.11. The van der Waals surface area contributed by atoms with Gasteiger partial charge in [-0.25, -0.2) is 4.98 Å². The summed E-state index contributed by atoms with van der Waals surface area (Å²) in [5.74, 6) is 1.51. The summed E-state index contributed by atoms with van der Waals surface area (Å²) >= 11 is 0. The van der Waals surface area contributed by atoms with Crippen molar-refractivity contribution in [2.75, 3.05) is 6.54 Å². The van der Waals surface area contributed by atoms with E-state index in [0.29, 0.717) is 31.1 Å². The van der Waals surface area contributed by atoms with Gasteiger partial charge in [0.25, 0.3) is 5.91 Å². The smallest absolute Gasteiger partial charge is 0.270 e. The van der Waals surface area contributed by atoms with Crippen molar-refractivity contribution >= 4 is 11.8 Å². The minimum Gasteiger partial charge on any atom is -0.456 e. The van der Waals surface area contributed by atoms with Crippen LogP contribution in [0, 0.1) is 12.8 Å². The van der Waals surface area contributed by atoms with Gasteiger partial charge in [-0.3, -0.25) is 9.59 Å². The second-order valence-electron chi connectivity index (χ2n) is 8.19. The third kappa shape index (κ3) is 4.75. The van der Waals surface area contributed by atoms with E-state index < -0.39 is 5.54 Å². The average molecular weight is 393 g/mol. The summed E-state index contributed by atoms with van der Waals surface area (Å²) in [5.41, 5.74) is 0.570. The highest BCUT2D eigenvalue weighted by molar-refractivity contribution is 5.98. The van der Waals surface area contributed by atoms with Gasteiger partial charge in [-0.05, 0) is 68.4 Å². The number of nitrogens with one attached hydrogen (secondary N) is 2. The molecule has 2 aliphatic rings. The van der Waals surface area contributed by atoms with Crippen LogP contribution < -0.4 is 15.4 Å². The molecule has 0 radical (unpaired) electrons.